The Morgan fingerprint density at radius 1 is 1.14 bits per heavy atom. The van der Waals surface area contributed by atoms with Gasteiger partial charge in [0.05, 0.1) is 5.41 Å². The van der Waals surface area contributed by atoms with Crippen molar-refractivity contribution in [2.75, 3.05) is 0 Å². The van der Waals surface area contributed by atoms with Crippen molar-refractivity contribution < 1.29 is 19.1 Å². The largest absolute Gasteiger partial charge is 0.430 e. The van der Waals surface area contributed by atoms with E-state index in [0.29, 0.717) is 0 Å². The molecule has 0 aromatic carbocycles. The van der Waals surface area contributed by atoms with Crippen molar-refractivity contribution >= 4 is 11.9 Å². The van der Waals surface area contributed by atoms with Crippen LogP contribution in [0.5, 0.6) is 0 Å². The van der Waals surface area contributed by atoms with E-state index in [1.807, 2.05) is 0 Å². The van der Waals surface area contributed by atoms with Crippen LogP contribution in [0, 0.1) is 22.7 Å². The van der Waals surface area contributed by atoms with Crippen LogP contribution < -0.4 is 0 Å². The smallest absolute Gasteiger partial charge is 0.340 e. The highest BCUT2D eigenvalue weighted by Gasteiger charge is 2.82. The highest BCUT2D eigenvalue weighted by molar-refractivity contribution is 5.98. The Kier molecular flexibility index (Phi) is 3.98. The van der Waals surface area contributed by atoms with E-state index >= 15 is 0 Å². The molecule has 0 amide bonds. The molecule has 0 radical (unpaired) electrons. The van der Waals surface area contributed by atoms with Crippen molar-refractivity contribution in [1.82, 2.24) is 0 Å². The van der Waals surface area contributed by atoms with Gasteiger partial charge < -0.3 is 9.47 Å². The Morgan fingerprint density at radius 2 is 1.93 bits per heavy atom. The van der Waals surface area contributed by atoms with Crippen molar-refractivity contribution in [3.8, 4) is 0 Å². The summed E-state index contributed by atoms with van der Waals surface area (Å²) in [5, 5.41) is 0. The molecule has 0 unspecified atom stereocenters. The zero-order valence-corrected chi connectivity index (χ0v) is 16.8. The van der Waals surface area contributed by atoms with Gasteiger partial charge in [-0.2, -0.15) is 0 Å². The number of ether oxygens (including phenoxy) is 2. The van der Waals surface area contributed by atoms with Crippen molar-refractivity contribution in [1.29, 1.82) is 0 Å². The Labute approximate surface area is 166 Å². The average Bonchev–Trinajstić information content (AvgIpc) is 3.13. The van der Waals surface area contributed by atoms with Gasteiger partial charge in [0.1, 0.15) is 16.9 Å². The Morgan fingerprint density at radius 3 is 2.71 bits per heavy atom. The number of unbranched alkanes of at least 4 members (excludes halogenated alkanes) is 2. The molecule has 4 atom stereocenters. The fraction of sp³-hybridized carbons (Fsp3) is 0.583. The van der Waals surface area contributed by atoms with E-state index in [4.69, 9.17) is 9.47 Å². The minimum absolute atomic E-state index is 0.0378. The van der Waals surface area contributed by atoms with E-state index in [9.17, 15) is 9.59 Å². The Hall–Kier alpha value is -2.10. The van der Waals surface area contributed by atoms with Gasteiger partial charge >= 0.3 is 11.9 Å². The van der Waals surface area contributed by atoms with Crippen molar-refractivity contribution in [2.45, 2.75) is 65.2 Å². The number of hydrogen-bond donors (Lipinski definition) is 0. The van der Waals surface area contributed by atoms with Crippen LogP contribution in [-0.2, 0) is 19.1 Å². The molecule has 5 aliphatic rings. The molecule has 3 aliphatic carbocycles. The number of hydrogen-bond acceptors (Lipinski definition) is 4. The maximum atomic E-state index is 13.1. The van der Waals surface area contributed by atoms with Crippen LogP contribution in [0.25, 0.3) is 0 Å². The second kappa shape index (κ2) is 6.20. The summed E-state index contributed by atoms with van der Waals surface area (Å²) < 4.78 is 11.6. The van der Waals surface area contributed by atoms with Crippen LogP contribution in [0.1, 0.15) is 65.2 Å². The lowest BCUT2D eigenvalue weighted by atomic mass is 9.33. The Balaban J connectivity index is 1.66. The molecule has 0 bridgehead atoms. The third kappa shape index (κ3) is 1.92. The number of esters is 2. The Bertz CT molecular complexity index is 873. The van der Waals surface area contributed by atoms with Crippen LogP contribution in [0.15, 0.2) is 47.0 Å². The number of carbonyl (C=O) groups is 2. The minimum atomic E-state index is -0.579. The predicted octanol–water partition coefficient (Wildman–Crippen LogP) is 5.13. The molecule has 4 nitrogen and oxygen atoms in total. The molecule has 5 rings (SSSR count). The van der Waals surface area contributed by atoms with Crippen LogP contribution >= 0.6 is 0 Å². The SMILES string of the molecule is CCC/C=C1\OC(=O)C2=C1CC[C@H]1[C@@H]2[C@]23CCC=C[C@]12C(=O)O/C3=C\CCC. The zero-order chi connectivity index (χ0) is 19.5. The third-order valence-electron chi connectivity index (χ3n) is 7.62. The van der Waals surface area contributed by atoms with E-state index in [1.165, 1.54) is 0 Å². The molecular weight excluding hydrogens is 352 g/mol. The summed E-state index contributed by atoms with van der Waals surface area (Å²) in [4.78, 5) is 26.1. The van der Waals surface area contributed by atoms with Gasteiger partial charge in [0.15, 0.2) is 0 Å². The lowest BCUT2D eigenvalue weighted by Gasteiger charge is -2.65. The lowest BCUT2D eigenvalue weighted by molar-refractivity contribution is -0.171. The van der Waals surface area contributed by atoms with Gasteiger partial charge in [0.2, 0.25) is 0 Å². The summed E-state index contributed by atoms with van der Waals surface area (Å²) in [5.41, 5.74) is 0.958. The zero-order valence-electron chi connectivity index (χ0n) is 16.8. The average molecular weight is 380 g/mol. The van der Waals surface area contributed by atoms with E-state index in [0.717, 1.165) is 74.0 Å². The maximum Gasteiger partial charge on any atom is 0.340 e. The van der Waals surface area contributed by atoms with Gasteiger partial charge in [0.25, 0.3) is 0 Å². The first-order valence-electron chi connectivity index (χ1n) is 10.9. The number of cyclic esters (lactones) is 2. The topological polar surface area (TPSA) is 52.6 Å². The molecule has 148 valence electrons. The summed E-state index contributed by atoms with van der Waals surface area (Å²) in [5.74, 6) is 1.46. The van der Waals surface area contributed by atoms with E-state index in [2.05, 4.69) is 38.2 Å². The molecule has 0 spiro atoms. The summed E-state index contributed by atoms with van der Waals surface area (Å²) in [6.07, 6.45) is 15.8. The van der Waals surface area contributed by atoms with Gasteiger partial charge in [-0.25, -0.2) is 4.79 Å². The first-order valence-corrected chi connectivity index (χ1v) is 10.9. The number of rotatable bonds is 4. The number of fused-ring (bicyclic) bond motifs is 2. The van der Waals surface area contributed by atoms with Gasteiger partial charge in [-0.3, -0.25) is 4.79 Å². The quantitative estimate of drug-likeness (QED) is 0.501. The summed E-state index contributed by atoms with van der Waals surface area (Å²) in [6.45, 7) is 4.25. The third-order valence-corrected chi connectivity index (χ3v) is 7.62. The van der Waals surface area contributed by atoms with Gasteiger partial charge in [0, 0.05) is 17.1 Å². The molecule has 1 saturated carbocycles. The molecule has 28 heavy (non-hydrogen) atoms. The fourth-order valence-electron chi connectivity index (χ4n) is 6.60. The monoisotopic (exact) mass is 380 g/mol. The van der Waals surface area contributed by atoms with Gasteiger partial charge in [-0.1, -0.05) is 38.8 Å². The second-order valence-electron chi connectivity index (χ2n) is 8.79. The van der Waals surface area contributed by atoms with Crippen LogP contribution in [0.4, 0.5) is 0 Å². The maximum absolute atomic E-state index is 13.1. The molecule has 2 aliphatic heterocycles. The van der Waals surface area contributed by atoms with Crippen LogP contribution in [-0.4, -0.2) is 11.9 Å². The molecule has 4 heteroatoms. The van der Waals surface area contributed by atoms with Gasteiger partial charge in [-0.15, -0.1) is 0 Å². The molecule has 0 aromatic heterocycles. The normalized spacial score (nSPS) is 40.6. The summed E-state index contributed by atoms with van der Waals surface area (Å²) in [6, 6.07) is 0. The van der Waals surface area contributed by atoms with Gasteiger partial charge in [-0.05, 0) is 56.6 Å². The van der Waals surface area contributed by atoms with Crippen molar-refractivity contribution in [2.24, 2.45) is 22.7 Å². The van der Waals surface area contributed by atoms with Crippen LogP contribution in [0.2, 0.25) is 0 Å². The number of carbonyl (C=O) groups excluding carboxylic acids is 2. The van der Waals surface area contributed by atoms with Crippen LogP contribution in [0.3, 0.4) is 0 Å². The van der Waals surface area contributed by atoms with Crippen molar-refractivity contribution in [3.05, 3.63) is 47.0 Å². The molecular formula is C24H28O4. The number of allylic oxidation sites excluding steroid dienone is 5. The highest BCUT2D eigenvalue weighted by atomic mass is 16.6. The fourth-order valence-corrected chi connectivity index (χ4v) is 6.60. The predicted molar refractivity (Wildman–Crippen MR) is 105 cm³/mol. The summed E-state index contributed by atoms with van der Waals surface area (Å²) >= 11 is 0. The molecule has 2 fully saturated rings. The molecule has 0 N–H and O–H groups in total. The minimum Gasteiger partial charge on any atom is -0.430 e. The summed E-state index contributed by atoms with van der Waals surface area (Å²) in [7, 11) is 0. The first kappa shape index (κ1) is 18.0. The standard InChI is InChI=1S/C24H28O4/c1-3-5-9-17-15-11-12-16-20(19(15)21(25)27-17)24-14-8-7-13-23(16,24)22(26)28-18(24)10-6-4-2/h7,9-10,13,16,20H,3-6,8,11-12,14H2,1-2H3/b17-9-,18-10-/t16-,20-,23+,24+/m0/s1. The van der Waals surface area contributed by atoms with E-state index < -0.39 is 5.41 Å². The second-order valence-corrected chi connectivity index (χ2v) is 8.79. The molecule has 1 saturated heterocycles. The van der Waals surface area contributed by atoms with Crippen molar-refractivity contribution in [3.63, 3.8) is 0 Å². The molecule has 2 heterocycles. The molecule has 0 aromatic rings. The van der Waals surface area contributed by atoms with E-state index in [-0.39, 0.29) is 29.2 Å². The van der Waals surface area contributed by atoms with E-state index in [1.54, 1.807) is 0 Å². The lowest BCUT2D eigenvalue weighted by Crippen LogP contribution is -2.67. The first-order chi connectivity index (χ1) is 13.6. The highest BCUT2D eigenvalue weighted by Crippen LogP contribution is 2.80.